The van der Waals surface area contributed by atoms with E-state index in [4.69, 9.17) is 5.11 Å². The molecule has 2 aromatic carbocycles. The number of aromatic nitrogens is 1. The van der Waals surface area contributed by atoms with Crippen molar-refractivity contribution >= 4 is 48.4 Å². The molecule has 2 heterocycles. The van der Waals surface area contributed by atoms with Crippen molar-refractivity contribution in [2.45, 2.75) is 0 Å². The molecule has 0 bridgehead atoms. The number of thiophene rings is 1. The van der Waals surface area contributed by atoms with Gasteiger partial charge in [-0.3, -0.25) is 4.79 Å². The number of aromatic carboxylic acids is 1. The van der Waals surface area contributed by atoms with Crippen molar-refractivity contribution in [1.29, 1.82) is 0 Å². The number of pyridine rings is 1. The monoisotopic (exact) mass is 295 g/mol. The number of hydrogen-bond acceptors (Lipinski definition) is 3. The number of carbonyl (C=O) groups is 1. The lowest BCUT2D eigenvalue weighted by atomic mass is 10.1. The topological polar surface area (TPSA) is 70.2 Å². The zero-order chi connectivity index (χ0) is 14.6. The molecule has 0 amide bonds. The first kappa shape index (κ1) is 12.1. The van der Waals surface area contributed by atoms with E-state index in [2.05, 4.69) is 4.98 Å². The number of hydrogen-bond donors (Lipinski definition) is 2. The number of rotatable bonds is 1. The Morgan fingerprint density at radius 3 is 2.71 bits per heavy atom. The summed E-state index contributed by atoms with van der Waals surface area (Å²) in [6.07, 6.45) is 0. The predicted octanol–water partition coefficient (Wildman–Crippen LogP) is 3.59. The molecule has 4 aromatic rings. The number of carboxylic acids is 1. The standard InChI is InChI=1S/C16H9NO3S/c18-12-7-11(16(19)20)17-10-6-5-9-8-3-1-2-4-13(8)21-15(9)14(10)12/h1-7H,(H,17,18)(H,19,20). The molecule has 4 nitrogen and oxygen atoms in total. The van der Waals surface area contributed by atoms with E-state index >= 15 is 0 Å². The largest absolute Gasteiger partial charge is 0.477 e. The summed E-state index contributed by atoms with van der Waals surface area (Å²) in [5.41, 5.74) is 0.199. The van der Waals surface area contributed by atoms with Crippen molar-refractivity contribution in [3.63, 3.8) is 0 Å². The molecule has 0 aliphatic rings. The van der Waals surface area contributed by atoms with Gasteiger partial charge in [-0.1, -0.05) is 24.3 Å². The molecule has 5 heteroatoms. The highest BCUT2D eigenvalue weighted by atomic mass is 32.1. The maximum Gasteiger partial charge on any atom is 0.352 e. The lowest BCUT2D eigenvalue weighted by molar-refractivity contribution is 0.0691. The van der Waals surface area contributed by atoms with Crippen LogP contribution < -0.4 is 5.43 Å². The number of nitrogens with one attached hydrogen (secondary N) is 1. The Hall–Kier alpha value is -2.66. The van der Waals surface area contributed by atoms with Crippen molar-refractivity contribution in [2.24, 2.45) is 0 Å². The molecule has 0 radical (unpaired) electrons. The second-order valence-electron chi connectivity index (χ2n) is 4.82. The number of carboxylic acid groups (broad SMARTS) is 1. The van der Waals surface area contributed by atoms with Crippen LogP contribution in [0.15, 0.2) is 47.3 Å². The molecular weight excluding hydrogens is 286 g/mol. The Bertz CT molecular complexity index is 1090. The number of benzene rings is 2. The van der Waals surface area contributed by atoms with Crippen LogP contribution in [0.4, 0.5) is 0 Å². The molecule has 0 aliphatic carbocycles. The first-order chi connectivity index (χ1) is 10.1. The summed E-state index contributed by atoms with van der Waals surface area (Å²) >= 11 is 1.55. The quantitative estimate of drug-likeness (QED) is 0.563. The fourth-order valence-electron chi connectivity index (χ4n) is 2.64. The van der Waals surface area contributed by atoms with Crippen molar-refractivity contribution in [3.05, 3.63) is 58.4 Å². The van der Waals surface area contributed by atoms with Gasteiger partial charge in [0, 0.05) is 26.2 Å². The Kier molecular flexibility index (Phi) is 2.40. The molecule has 4 rings (SSSR count). The molecule has 0 spiro atoms. The molecule has 21 heavy (non-hydrogen) atoms. The zero-order valence-corrected chi connectivity index (χ0v) is 11.5. The van der Waals surface area contributed by atoms with Crippen LogP contribution in [-0.2, 0) is 0 Å². The van der Waals surface area contributed by atoms with Gasteiger partial charge in [0.2, 0.25) is 0 Å². The summed E-state index contributed by atoms with van der Waals surface area (Å²) in [5, 5.41) is 11.7. The van der Waals surface area contributed by atoms with E-state index < -0.39 is 5.97 Å². The van der Waals surface area contributed by atoms with E-state index in [0.717, 1.165) is 26.2 Å². The average molecular weight is 295 g/mol. The van der Waals surface area contributed by atoms with Gasteiger partial charge in [0.25, 0.3) is 0 Å². The van der Waals surface area contributed by atoms with Crippen LogP contribution in [0.5, 0.6) is 0 Å². The summed E-state index contributed by atoms with van der Waals surface area (Å²) in [4.78, 5) is 26.2. The maximum absolute atomic E-state index is 12.3. The lowest BCUT2D eigenvalue weighted by Gasteiger charge is -2.01. The van der Waals surface area contributed by atoms with Gasteiger partial charge in [0.15, 0.2) is 5.43 Å². The fourth-order valence-corrected chi connectivity index (χ4v) is 3.89. The normalized spacial score (nSPS) is 11.4. The second kappa shape index (κ2) is 4.17. The summed E-state index contributed by atoms with van der Waals surface area (Å²) in [6.45, 7) is 0. The van der Waals surface area contributed by atoms with Crippen LogP contribution in [0.2, 0.25) is 0 Å². The van der Waals surface area contributed by atoms with Gasteiger partial charge >= 0.3 is 5.97 Å². The van der Waals surface area contributed by atoms with Gasteiger partial charge in [-0.25, -0.2) is 4.79 Å². The number of H-pyrrole nitrogens is 1. The van der Waals surface area contributed by atoms with Gasteiger partial charge in [-0.2, -0.15) is 0 Å². The highest BCUT2D eigenvalue weighted by molar-refractivity contribution is 7.26. The molecular formula is C16H9NO3S. The van der Waals surface area contributed by atoms with Crippen molar-refractivity contribution in [3.8, 4) is 0 Å². The van der Waals surface area contributed by atoms with E-state index in [9.17, 15) is 9.59 Å². The van der Waals surface area contributed by atoms with Crippen molar-refractivity contribution in [2.75, 3.05) is 0 Å². The smallest absolute Gasteiger partial charge is 0.352 e. The molecule has 2 aromatic heterocycles. The summed E-state index contributed by atoms with van der Waals surface area (Å²) in [7, 11) is 0. The molecule has 0 aliphatic heterocycles. The minimum Gasteiger partial charge on any atom is -0.477 e. The van der Waals surface area contributed by atoms with Crippen molar-refractivity contribution < 1.29 is 9.90 Å². The molecule has 0 atom stereocenters. The Morgan fingerprint density at radius 1 is 1.10 bits per heavy atom. The van der Waals surface area contributed by atoms with Gasteiger partial charge in [0.1, 0.15) is 5.69 Å². The lowest BCUT2D eigenvalue weighted by Crippen LogP contribution is -2.09. The van der Waals surface area contributed by atoms with Gasteiger partial charge < -0.3 is 10.1 Å². The molecule has 0 fully saturated rings. The zero-order valence-electron chi connectivity index (χ0n) is 10.7. The Morgan fingerprint density at radius 2 is 1.90 bits per heavy atom. The van der Waals surface area contributed by atoms with Gasteiger partial charge in [0.05, 0.1) is 10.9 Å². The molecule has 102 valence electrons. The average Bonchev–Trinajstić information content (AvgIpc) is 2.85. The van der Waals surface area contributed by atoms with Crippen LogP contribution in [0.3, 0.4) is 0 Å². The highest BCUT2D eigenvalue weighted by Crippen LogP contribution is 2.36. The van der Waals surface area contributed by atoms with Crippen LogP contribution in [0.25, 0.3) is 31.1 Å². The second-order valence-corrected chi connectivity index (χ2v) is 5.87. The van der Waals surface area contributed by atoms with E-state index in [-0.39, 0.29) is 11.1 Å². The van der Waals surface area contributed by atoms with E-state index in [1.165, 1.54) is 0 Å². The molecule has 0 unspecified atom stereocenters. The van der Waals surface area contributed by atoms with Crippen LogP contribution in [0, 0.1) is 0 Å². The highest BCUT2D eigenvalue weighted by Gasteiger charge is 2.13. The maximum atomic E-state index is 12.3. The third-order valence-electron chi connectivity index (χ3n) is 3.57. The van der Waals surface area contributed by atoms with Crippen molar-refractivity contribution in [1.82, 2.24) is 4.98 Å². The summed E-state index contributed by atoms with van der Waals surface area (Å²) in [6, 6.07) is 12.8. The van der Waals surface area contributed by atoms with Gasteiger partial charge in [-0.05, 0) is 12.1 Å². The summed E-state index contributed by atoms with van der Waals surface area (Å²) < 4.78 is 2.01. The third kappa shape index (κ3) is 1.68. The van der Waals surface area contributed by atoms with E-state index in [1.807, 2.05) is 30.3 Å². The van der Waals surface area contributed by atoms with Crippen LogP contribution >= 0.6 is 11.3 Å². The predicted molar refractivity (Wildman–Crippen MR) is 84.4 cm³/mol. The number of aromatic amines is 1. The van der Waals surface area contributed by atoms with E-state index in [0.29, 0.717) is 10.9 Å². The van der Waals surface area contributed by atoms with Crippen LogP contribution in [-0.4, -0.2) is 16.1 Å². The number of fused-ring (bicyclic) bond motifs is 5. The van der Waals surface area contributed by atoms with Crippen LogP contribution in [0.1, 0.15) is 10.5 Å². The fraction of sp³-hybridized carbons (Fsp3) is 0. The molecule has 0 saturated heterocycles. The molecule has 0 saturated carbocycles. The minimum absolute atomic E-state index is 0.0899. The SMILES string of the molecule is O=C(O)c1cc(=O)c2c(ccc3c4ccccc4sc32)[nH]1. The minimum atomic E-state index is -1.13. The first-order valence-electron chi connectivity index (χ1n) is 6.36. The Balaban J connectivity index is 2.24. The molecule has 2 N–H and O–H groups in total. The third-order valence-corrected chi connectivity index (χ3v) is 4.77. The first-order valence-corrected chi connectivity index (χ1v) is 7.17. The summed E-state index contributed by atoms with van der Waals surface area (Å²) in [5.74, 6) is -1.13. The van der Waals surface area contributed by atoms with Gasteiger partial charge in [-0.15, -0.1) is 11.3 Å². The Labute approximate surface area is 122 Å². The van der Waals surface area contributed by atoms with E-state index in [1.54, 1.807) is 17.4 Å².